The second-order valence-corrected chi connectivity index (χ2v) is 7.29. The molecule has 2 fully saturated rings. The van der Waals surface area contributed by atoms with Crippen LogP contribution in [-0.2, 0) is 4.74 Å². The molecule has 1 N–H and O–H groups in total. The highest BCUT2D eigenvalue weighted by molar-refractivity contribution is 5.79. The zero-order valence-corrected chi connectivity index (χ0v) is 15.4. The average Bonchev–Trinajstić information content (AvgIpc) is 3.37. The molecule has 0 bridgehead atoms. The Bertz CT molecular complexity index is 349. The van der Waals surface area contributed by atoms with Gasteiger partial charge < -0.3 is 19.9 Å². The molecular formula is C18H36N4O. The van der Waals surface area contributed by atoms with Crippen molar-refractivity contribution in [1.29, 1.82) is 0 Å². The number of piperidine rings is 1. The maximum Gasteiger partial charge on any atom is 0.193 e. The maximum atomic E-state index is 5.71. The molecule has 0 atom stereocenters. The molecule has 0 radical (unpaired) electrons. The van der Waals surface area contributed by atoms with E-state index in [0.29, 0.717) is 0 Å². The minimum absolute atomic E-state index is 0.791. The minimum atomic E-state index is 0.791. The third-order valence-electron chi connectivity index (χ3n) is 5.01. The van der Waals surface area contributed by atoms with Gasteiger partial charge in [0.25, 0.3) is 0 Å². The normalized spacial score (nSPS) is 20.7. The highest BCUT2D eigenvalue weighted by Gasteiger charge is 2.21. The number of nitrogens with one attached hydrogen (secondary N) is 1. The molecule has 0 amide bonds. The van der Waals surface area contributed by atoms with Crippen LogP contribution in [0.2, 0.25) is 0 Å². The summed E-state index contributed by atoms with van der Waals surface area (Å²) in [7, 11) is 3.94. The van der Waals surface area contributed by atoms with E-state index in [0.717, 1.165) is 44.1 Å². The summed E-state index contributed by atoms with van der Waals surface area (Å²) in [5.41, 5.74) is 0. The molecule has 0 aromatic rings. The molecule has 0 unspecified atom stereocenters. The third kappa shape index (κ3) is 7.53. The van der Waals surface area contributed by atoms with E-state index in [-0.39, 0.29) is 0 Å². The summed E-state index contributed by atoms with van der Waals surface area (Å²) in [5.74, 6) is 2.74. The van der Waals surface area contributed by atoms with Crippen molar-refractivity contribution in [3.05, 3.63) is 0 Å². The molecule has 2 rings (SSSR count). The van der Waals surface area contributed by atoms with Crippen molar-refractivity contribution in [2.45, 2.75) is 39.0 Å². The molecule has 1 saturated carbocycles. The van der Waals surface area contributed by atoms with E-state index in [2.05, 4.69) is 34.1 Å². The van der Waals surface area contributed by atoms with Crippen LogP contribution in [0.3, 0.4) is 0 Å². The van der Waals surface area contributed by atoms with E-state index in [1.807, 2.05) is 7.05 Å². The monoisotopic (exact) mass is 324 g/mol. The maximum absolute atomic E-state index is 5.71. The van der Waals surface area contributed by atoms with Gasteiger partial charge >= 0.3 is 0 Å². The van der Waals surface area contributed by atoms with Crippen molar-refractivity contribution in [3.8, 4) is 0 Å². The molecule has 134 valence electrons. The predicted octanol–water partition coefficient (Wildman–Crippen LogP) is 2.04. The lowest BCUT2D eigenvalue weighted by atomic mass is 9.99. The van der Waals surface area contributed by atoms with E-state index in [4.69, 9.17) is 4.74 Å². The van der Waals surface area contributed by atoms with E-state index in [1.54, 1.807) is 0 Å². The molecule has 1 saturated heterocycles. The summed E-state index contributed by atoms with van der Waals surface area (Å²) in [6, 6.07) is 0. The van der Waals surface area contributed by atoms with Gasteiger partial charge in [-0.15, -0.1) is 0 Å². The summed E-state index contributed by atoms with van der Waals surface area (Å²) in [5, 5.41) is 3.47. The Balaban J connectivity index is 1.51. The number of nitrogens with zero attached hydrogens (tertiary/aromatic N) is 3. The number of rotatable bonds is 9. The number of aliphatic imine (C=N–C) groups is 1. The lowest BCUT2D eigenvalue weighted by molar-refractivity contribution is 0.115. The summed E-state index contributed by atoms with van der Waals surface area (Å²) >= 11 is 0. The fraction of sp³-hybridized carbons (Fsp3) is 0.944. The predicted molar refractivity (Wildman–Crippen MR) is 97.0 cm³/mol. The Morgan fingerprint density at radius 1 is 1.26 bits per heavy atom. The zero-order valence-electron chi connectivity index (χ0n) is 15.4. The number of likely N-dealkylation sites (tertiary alicyclic amines) is 1. The highest BCUT2D eigenvalue weighted by Crippen LogP contribution is 2.28. The van der Waals surface area contributed by atoms with Crippen LogP contribution in [0.1, 0.15) is 39.0 Å². The second-order valence-electron chi connectivity index (χ2n) is 7.29. The van der Waals surface area contributed by atoms with Crippen LogP contribution in [0.25, 0.3) is 0 Å². The Labute approximate surface area is 142 Å². The summed E-state index contributed by atoms with van der Waals surface area (Å²) in [6.45, 7) is 9.73. The van der Waals surface area contributed by atoms with Gasteiger partial charge in [-0.2, -0.15) is 0 Å². The van der Waals surface area contributed by atoms with Crippen LogP contribution in [0.15, 0.2) is 4.99 Å². The van der Waals surface area contributed by atoms with Gasteiger partial charge in [0.1, 0.15) is 0 Å². The van der Waals surface area contributed by atoms with Gasteiger partial charge in [-0.1, -0.05) is 6.92 Å². The highest BCUT2D eigenvalue weighted by atomic mass is 16.5. The van der Waals surface area contributed by atoms with Gasteiger partial charge in [0.05, 0.1) is 6.61 Å². The summed E-state index contributed by atoms with van der Waals surface area (Å²) in [4.78, 5) is 9.13. The smallest absolute Gasteiger partial charge is 0.193 e. The van der Waals surface area contributed by atoms with Crippen LogP contribution < -0.4 is 5.32 Å². The van der Waals surface area contributed by atoms with E-state index in [9.17, 15) is 0 Å². The van der Waals surface area contributed by atoms with Crippen LogP contribution in [0.4, 0.5) is 0 Å². The average molecular weight is 325 g/mol. The number of ether oxygens (including phenoxy) is 1. The standard InChI is InChI=1S/C18H36N4O/c1-16-7-11-22(12-8-16)10-4-9-20-18(19-2)21(3)13-14-23-15-17-5-6-17/h16-17H,4-15H2,1-3H3,(H,19,20). The Hall–Kier alpha value is -0.810. The van der Waals surface area contributed by atoms with Crippen LogP contribution in [-0.4, -0.2) is 75.8 Å². The fourth-order valence-corrected chi connectivity index (χ4v) is 3.02. The first-order chi connectivity index (χ1) is 11.2. The Morgan fingerprint density at radius 2 is 2.00 bits per heavy atom. The van der Waals surface area contributed by atoms with Crippen molar-refractivity contribution in [2.24, 2.45) is 16.8 Å². The van der Waals surface area contributed by atoms with Crippen molar-refractivity contribution in [2.75, 3.05) is 60.0 Å². The largest absolute Gasteiger partial charge is 0.379 e. The van der Waals surface area contributed by atoms with E-state index < -0.39 is 0 Å². The molecule has 1 heterocycles. The van der Waals surface area contributed by atoms with Crippen molar-refractivity contribution in [1.82, 2.24) is 15.1 Å². The molecular weight excluding hydrogens is 288 g/mol. The first kappa shape index (κ1) is 18.5. The first-order valence-electron chi connectivity index (χ1n) is 9.41. The number of hydrogen-bond donors (Lipinski definition) is 1. The molecule has 2 aliphatic rings. The third-order valence-corrected chi connectivity index (χ3v) is 5.01. The number of likely N-dealkylation sites (N-methyl/N-ethyl adjacent to an activating group) is 1. The second kappa shape index (κ2) is 10.1. The molecule has 0 spiro atoms. The van der Waals surface area contributed by atoms with Gasteiger partial charge in [0, 0.05) is 33.8 Å². The summed E-state index contributed by atoms with van der Waals surface area (Å²) < 4.78 is 5.71. The van der Waals surface area contributed by atoms with Crippen molar-refractivity contribution < 1.29 is 4.74 Å². The SMILES string of the molecule is CN=C(NCCCN1CCC(C)CC1)N(C)CCOCC1CC1. The van der Waals surface area contributed by atoms with E-state index >= 15 is 0 Å². The Kier molecular flexibility index (Phi) is 8.17. The topological polar surface area (TPSA) is 40.1 Å². The van der Waals surface area contributed by atoms with Crippen molar-refractivity contribution in [3.63, 3.8) is 0 Å². The quantitative estimate of drug-likeness (QED) is 0.400. The number of hydrogen-bond acceptors (Lipinski definition) is 3. The van der Waals surface area contributed by atoms with Crippen LogP contribution >= 0.6 is 0 Å². The van der Waals surface area contributed by atoms with E-state index in [1.165, 1.54) is 51.7 Å². The van der Waals surface area contributed by atoms with Gasteiger partial charge in [0.2, 0.25) is 0 Å². The van der Waals surface area contributed by atoms with Gasteiger partial charge in [-0.25, -0.2) is 0 Å². The van der Waals surface area contributed by atoms with Crippen molar-refractivity contribution >= 4 is 5.96 Å². The molecule has 5 nitrogen and oxygen atoms in total. The molecule has 0 aromatic carbocycles. The van der Waals surface area contributed by atoms with Crippen LogP contribution in [0.5, 0.6) is 0 Å². The minimum Gasteiger partial charge on any atom is -0.379 e. The lowest BCUT2D eigenvalue weighted by Gasteiger charge is -2.30. The number of guanidine groups is 1. The molecule has 0 aromatic heterocycles. The molecule has 1 aliphatic carbocycles. The lowest BCUT2D eigenvalue weighted by Crippen LogP contribution is -2.42. The van der Waals surface area contributed by atoms with Gasteiger partial charge in [0.15, 0.2) is 5.96 Å². The molecule has 5 heteroatoms. The zero-order chi connectivity index (χ0) is 16.5. The van der Waals surface area contributed by atoms with Gasteiger partial charge in [-0.05, 0) is 63.6 Å². The molecule has 23 heavy (non-hydrogen) atoms. The summed E-state index contributed by atoms with van der Waals surface area (Å²) in [6.07, 6.45) is 6.61. The fourth-order valence-electron chi connectivity index (χ4n) is 3.02. The van der Waals surface area contributed by atoms with Crippen LogP contribution in [0, 0.1) is 11.8 Å². The Morgan fingerprint density at radius 3 is 2.65 bits per heavy atom. The molecule has 1 aliphatic heterocycles. The van der Waals surface area contributed by atoms with Gasteiger partial charge in [-0.3, -0.25) is 4.99 Å². The first-order valence-corrected chi connectivity index (χ1v) is 9.41.